The number of hydrogen-bond donors (Lipinski definition) is 1. The number of benzene rings is 2. The quantitative estimate of drug-likeness (QED) is 0.694. The minimum Gasteiger partial charge on any atom is -0.496 e. The number of ether oxygens (including phenoxy) is 2. The van der Waals surface area contributed by atoms with Crippen LogP contribution in [0, 0.1) is 0 Å². The Morgan fingerprint density at radius 1 is 1.08 bits per heavy atom. The number of nitrogens with one attached hydrogen (secondary N) is 1. The lowest BCUT2D eigenvalue weighted by molar-refractivity contribution is 0.126. The van der Waals surface area contributed by atoms with Crippen molar-refractivity contribution >= 4 is 10.0 Å². The Balaban J connectivity index is 1.92. The fraction of sp³-hybridized carbons (Fsp3) is 0.368. The highest BCUT2D eigenvalue weighted by Gasteiger charge is 2.17. The molecule has 0 aromatic heterocycles. The van der Waals surface area contributed by atoms with Gasteiger partial charge in [-0.05, 0) is 35.2 Å². The van der Waals surface area contributed by atoms with Crippen molar-refractivity contribution in [2.45, 2.75) is 31.3 Å². The van der Waals surface area contributed by atoms with E-state index in [1.165, 1.54) is 0 Å². The molecule has 0 fully saturated rings. The van der Waals surface area contributed by atoms with Gasteiger partial charge in [0.2, 0.25) is 10.0 Å². The standard InChI is InChI=1S/C19H25NO4S/c1-15(2)18-13-17(9-10-19(18)23-3)25(21,22)20-11-12-24-14-16-7-5-4-6-8-16/h4-10,13,15,20H,11-12,14H2,1-3H3. The van der Waals surface area contributed by atoms with Crippen molar-refractivity contribution in [2.24, 2.45) is 0 Å². The predicted octanol–water partition coefficient (Wildman–Crippen LogP) is 3.31. The van der Waals surface area contributed by atoms with E-state index in [2.05, 4.69) is 4.72 Å². The minimum absolute atomic E-state index is 0.166. The average Bonchev–Trinajstić information content (AvgIpc) is 2.61. The number of hydrogen-bond acceptors (Lipinski definition) is 4. The van der Waals surface area contributed by atoms with E-state index >= 15 is 0 Å². The van der Waals surface area contributed by atoms with Gasteiger partial charge in [-0.25, -0.2) is 13.1 Å². The molecule has 0 bridgehead atoms. The van der Waals surface area contributed by atoms with Gasteiger partial charge in [0.1, 0.15) is 5.75 Å². The van der Waals surface area contributed by atoms with Crippen LogP contribution in [0.3, 0.4) is 0 Å². The van der Waals surface area contributed by atoms with Gasteiger partial charge in [0, 0.05) is 6.54 Å². The lowest BCUT2D eigenvalue weighted by atomic mass is 10.0. The Bertz CT molecular complexity index is 773. The highest BCUT2D eigenvalue weighted by molar-refractivity contribution is 7.89. The summed E-state index contributed by atoms with van der Waals surface area (Å²) in [4.78, 5) is 0.236. The summed E-state index contributed by atoms with van der Waals surface area (Å²) in [7, 11) is -1.99. The van der Waals surface area contributed by atoms with E-state index in [1.807, 2.05) is 44.2 Å². The minimum atomic E-state index is -3.57. The van der Waals surface area contributed by atoms with Gasteiger partial charge < -0.3 is 9.47 Å². The monoisotopic (exact) mass is 363 g/mol. The Morgan fingerprint density at radius 2 is 1.80 bits per heavy atom. The van der Waals surface area contributed by atoms with Crippen LogP contribution >= 0.6 is 0 Å². The number of rotatable bonds is 9. The van der Waals surface area contributed by atoms with Gasteiger partial charge in [-0.3, -0.25) is 0 Å². The second-order valence-corrected chi connectivity index (χ2v) is 7.76. The molecular formula is C19H25NO4S. The van der Waals surface area contributed by atoms with Gasteiger partial charge in [-0.2, -0.15) is 0 Å². The van der Waals surface area contributed by atoms with Crippen LogP contribution < -0.4 is 9.46 Å². The molecule has 0 saturated carbocycles. The lowest BCUT2D eigenvalue weighted by Crippen LogP contribution is -2.27. The van der Waals surface area contributed by atoms with Crippen molar-refractivity contribution in [3.8, 4) is 5.75 Å². The van der Waals surface area contributed by atoms with E-state index in [0.29, 0.717) is 19.0 Å². The van der Waals surface area contributed by atoms with Gasteiger partial charge in [0.05, 0.1) is 25.2 Å². The van der Waals surface area contributed by atoms with Crippen LogP contribution in [0.15, 0.2) is 53.4 Å². The molecule has 2 rings (SSSR count). The first-order valence-corrected chi connectivity index (χ1v) is 9.71. The molecule has 0 atom stereocenters. The zero-order valence-electron chi connectivity index (χ0n) is 14.9. The second kappa shape index (κ2) is 8.99. The van der Waals surface area contributed by atoms with E-state index in [1.54, 1.807) is 25.3 Å². The SMILES string of the molecule is COc1ccc(S(=O)(=O)NCCOCc2ccccc2)cc1C(C)C. The fourth-order valence-electron chi connectivity index (χ4n) is 2.43. The molecule has 0 aliphatic carbocycles. The summed E-state index contributed by atoms with van der Waals surface area (Å²) in [5, 5.41) is 0. The van der Waals surface area contributed by atoms with Crippen molar-refractivity contribution < 1.29 is 17.9 Å². The number of sulfonamides is 1. The molecule has 0 amide bonds. The Labute approximate surface area is 150 Å². The molecule has 0 aliphatic rings. The molecule has 2 aromatic carbocycles. The normalized spacial score (nSPS) is 11.7. The first-order valence-electron chi connectivity index (χ1n) is 8.23. The topological polar surface area (TPSA) is 64.6 Å². The zero-order chi connectivity index (χ0) is 18.3. The van der Waals surface area contributed by atoms with E-state index in [4.69, 9.17) is 9.47 Å². The molecule has 136 valence electrons. The van der Waals surface area contributed by atoms with E-state index < -0.39 is 10.0 Å². The van der Waals surface area contributed by atoms with Crippen molar-refractivity contribution in [1.82, 2.24) is 4.72 Å². The van der Waals surface area contributed by atoms with E-state index in [-0.39, 0.29) is 17.4 Å². The van der Waals surface area contributed by atoms with Crippen LogP contribution in [-0.2, 0) is 21.4 Å². The van der Waals surface area contributed by atoms with Crippen molar-refractivity contribution in [3.63, 3.8) is 0 Å². The molecule has 2 aromatic rings. The second-order valence-electron chi connectivity index (χ2n) is 5.99. The molecular weight excluding hydrogens is 338 g/mol. The highest BCUT2D eigenvalue weighted by atomic mass is 32.2. The molecule has 0 radical (unpaired) electrons. The van der Waals surface area contributed by atoms with Gasteiger partial charge in [0.25, 0.3) is 0 Å². The fourth-order valence-corrected chi connectivity index (χ4v) is 3.47. The van der Waals surface area contributed by atoms with Crippen LogP contribution in [0.25, 0.3) is 0 Å². The summed E-state index contributed by atoms with van der Waals surface area (Å²) >= 11 is 0. The van der Waals surface area contributed by atoms with E-state index in [0.717, 1.165) is 11.1 Å². The maximum atomic E-state index is 12.4. The Hall–Kier alpha value is -1.89. The van der Waals surface area contributed by atoms with Crippen molar-refractivity contribution in [1.29, 1.82) is 0 Å². The molecule has 25 heavy (non-hydrogen) atoms. The third-order valence-electron chi connectivity index (χ3n) is 3.78. The first kappa shape index (κ1) is 19.4. The van der Waals surface area contributed by atoms with Crippen molar-refractivity contribution in [2.75, 3.05) is 20.3 Å². The van der Waals surface area contributed by atoms with Crippen LogP contribution in [0.1, 0.15) is 30.9 Å². The molecule has 0 aliphatic heterocycles. The molecule has 0 heterocycles. The maximum Gasteiger partial charge on any atom is 0.240 e. The first-order chi connectivity index (χ1) is 11.9. The summed E-state index contributed by atoms with van der Waals surface area (Å²) < 4.78 is 38.2. The molecule has 6 heteroatoms. The Morgan fingerprint density at radius 3 is 2.44 bits per heavy atom. The average molecular weight is 363 g/mol. The molecule has 1 N–H and O–H groups in total. The number of methoxy groups -OCH3 is 1. The maximum absolute atomic E-state index is 12.4. The summed E-state index contributed by atoms with van der Waals surface area (Å²) in [6, 6.07) is 14.7. The summed E-state index contributed by atoms with van der Waals surface area (Å²) in [6.45, 7) is 4.99. The van der Waals surface area contributed by atoms with Crippen molar-refractivity contribution in [3.05, 3.63) is 59.7 Å². The van der Waals surface area contributed by atoms with Gasteiger partial charge in [0.15, 0.2) is 0 Å². The van der Waals surface area contributed by atoms with Crippen LogP contribution in [0.5, 0.6) is 5.75 Å². The van der Waals surface area contributed by atoms with Crippen LogP contribution in [0.2, 0.25) is 0 Å². The summed E-state index contributed by atoms with van der Waals surface area (Å²) in [6.07, 6.45) is 0. The summed E-state index contributed by atoms with van der Waals surface area (Å²) in [5.74, 6) is 0.861. The third-order valence-corrected chi connectivity index (χ3v) is 5.24. The molecule has 0 unspecified atom stereocenters. The smallest absolute Gasteiger partial charge is 0.240 e. The highest BCUT2D eigenvalue weighted by Crippen LogP contribution is 2.28. The molecule has 0 saturated heterocycles. The third kappa shape index (κ3) is 5.56. The van der Waals surface area contributed by atoms with Crippen LogP contribution in [0.4, 0.5) is 0 Å². The largest absolute Gasteiger partial charge is 0.496 e. The molecule has 0 spiro atoms. The zero-order valence-corrected chi connectivity index (χ0v) is 15.7. The molecule has 5 nitrogen and oxygen atoms in total. The summed E-state index contributed by atoms with van der Waals surface area (Å²) in [5.41, 5.74) is 1.92. The van der Waals surface area contributed by atoms with Gasteiger partial charge >= 0.3 is 0 Å². The van der Waals surface area contributed by atoms with Crippen LogP contribution in [-0.4, -0.2) is 28.7 Å². The lowest BCUT2D eigenvalue weighted by Gasteiger charge is -2.14. The Kier molecular flexibility index (Phi) is 6.99. The van der Waals surface area contributed by atoms with Gasteiger partial charge in [-0.15, -0.1) is 0 Å². The predicted molar refractivity (Wildman–Crippen MR) is 98.4 cm³/mol. The van der Waals surface area contributed by atoms with E-state index in [9.17, 15) is 8.42 Å². The van der Waals surface area contributed by atoms with Gasteiger partial charge in [-0.1, -0.05) is 44.2 Å².